The Bertz CT molecular complexity index is 938. The van der Waals surface area contributed by atoms with Crippen LogP contribution < -0.4 is 0 Å². The van der Waals surface area contributed by atoms with Crippen LogP contribution in [0.3, 0.4) is 0 Å². The first-order chi connectivity index (χ1) is 13.5. The molecule has 2 aromatic rings. The fourth-order valence-electron chi connectivity index (χ4n) is 2.11. The minimum atomic E-state index is -1.89. The summed E-state index contributed by atoms with van der Waals surface area (Å²) in [6.45, 7) is 0. The van der Waals surface area contributed by atoms with Crippen LogP contribution >= 0.6 is 0 Å². The van der Waals surface area contributed by atoms with Crippen molar-refractivity contribution < 1.29 is 28.6 Å². The van der Waals surface area contributed by atoms with Crippen LogP contribution in [0.5, 0.6) is 0 Å². The summed E-state index contributed by atoms with van der Waals surface area (Å²) in [7, 11) is 2.33. The lowest BCUT2D eigenvalue weighted by Crippen LogP contribution is -2.30. The predicted molar refractivity (Wildman–Crippen MR) is 99.6 cm³/mol. The quantitative estimate of drug-likeness (QED) is 0.353. The van der Waals surface area contributed by atoms with Crippen LogP contribution in [0.25, 0.3) is 0 Å². The van der Waals surface area contributed by atoms with Crippen molar-refractivity contribution in [1.29, 1.82) is 0 Å². The Balaban J connectivity index is 2.62. The summed E-state index contributed by atoms with van der Waals surface area (Å²) in [5, 5.41) is 0. The summed E-state index contributed by atoms with van der Waals surface area (Å²) in [5.41, 5.74) is -1.29. The normalized spacial score (nSPS) is 9.64. The van der Waals surface area contributed by atoms with Crippen LogP contribution in [0.2, 0.25) is 0 Å². The molecule has 0 aromatic heterocycles. The van der Waals surface area contributed by atoms with Crippen LogP contribution in [0, 0.1) is 23.7 Å². The van der Waals surface area contributed by atoms with Gasteiger partial charge in [0.25, 0.3) is 5.60 Å². The predicted octanol–water partition coefficient (Wildman–Crippen LogP) is 2.09. The van der Waals surface area contributed by atoms with Crippen molar-refractivity contribution in [2.24, 2.45) is 0 Å². The van der Waals surface area contributed by atoms with Gasteiger partial charge in [0.2, 0.25) is 0 Å². The first kappa shape index (κ1) is 20.3. The molecule has 0 saturated carbocycles. The number of benzene rings is 2. The fourth-order valence-corrected chi connectivity index (χ4v) is 2.11. The standard InChI is InChI=1S/C22H16O6/c1-26-19(23)13-15-22(16-14-20(24)27-2,18-11-7-4-8-12-18)28-21(25)17-9-5-3-6-10-17/h3-12H,1-2H3. The molecule has 140 valence electrons. The van der Waals surface area contributed by atoms with E-state index in [4.69, 9.17) is 4.74 Å². The largest absolute Gasteiger partial charge is 0.459 e. The van der Waals surface area contributed by atoms with Crippen LogP contribution in [0.15, 0.2) is 60.7 Å². The van der Waals surface area contributed by atoms with Gasteiger partial charge in [0.05, 0.1) is 19.8 Å². The zero-order valence-corrected chi connectivity index (χ0v) is 15.2. The molecule has 0 spiro atoms. The molecule has 0 N–H and O–H groups in total. The average Bonchev–Trinajstić information content (AvgIpc) is 2.76. The second kappa shape index (κ2) is 9.61. The van der Waals surface area contributed by atoms with Gasteiger partial charge in [0, 0.05) is 17.4 Å². The molecule has 0 saturated heterocycles. The second-order valence-electron chi connectivity index (χ2n) is 5.29. The van der Waals surface area contributed by atoms with Crippen molar-refractivity contribution in [3.05, 3.63) is 71.8 Å². The van der Waals surface area contributed by atoms with Crippen LogP contribution in [0.1, 0.15) is 15.9 Å². The fraction of sp³-hybridized carbons (Fsp3) is 0.136. The van der Waals surface area contributed by atoms with E-state index in [0.717, 1.165) is 14.2 Å². The number of hydrogen-bond donors (Lipinski definition) is 0. The number of carbonyl (C=O) groups is 3. The van der Waals surface area contributed by atoms with Gasteiger partial charge in [-0.25, -0.2) is 14.4 Å². The molecule has 0 heterocycles. The van der Waals surface area contributed by atoms with E-state index in [1.54, 1.807) is 60.7 Å². The first-order valence-electron chi connectivity index (χ1n) is 8.07. The van der Waals surface area contributed by atoms with Gasteiger partial charge in [-0.2, -0.15) is 0 Å². The minimum Gasteiger partial charge on any atom is -0.459 e. The van der Waals surface area contributed by atoms with E-state index in [1.807, 2.05) is 0 Å². The van der Waals surface area contributed by atoms with Gasteiger partial charge in [0.1, 0.15) is 0 Å². The molecule has 0 unspecified atom stereocenters. The van der Waals surface area contributed by atoms with Gasteiger partial charge in [-0.15, -0.1) is 0 Å². The zero-order valence-electron chi connectivity index (χ0n) is 15.2. The van der Waals surface area contributed by atoms with Crippen molar-refractivity contribution in [2.45, 2.75) is 5.60 Å². The zero-order chi connectivity index (χ0) is 20.4. The summed E-state index contributed by atoms with van der Waals surface area (Å²) in [5.74, 6) is 7.08. The Hall–Kier alpha value is -4.03. The number of rotatable bonds is 3. The molecule has 6 heteroatoms. The molecule has 0 aliphatic rings. The third-order valence-corrected chi connectivity index (χ3v) is 3.49. The molecule has 2 aromatic carbocycles. The molecule has 6 nitrogen and oxygen atoms in total. The van der Waals surface area contributed by atoms with E-state index < -0.39 is 23.5 Å². The highest BCUT2D eigenvalue weighted by Gasteiger charge is 2.34. The first-order valence-corrected chi connectivity index (χ1v) is 8.07. The highest BCUT2D eigenvalue weighted by Crippen LogP contribution is 2.26. The Morgan fingerprint density at radius 1 is 0.750 bits per heavy atom. The molecule has 2 rings (SSSR count). The third kappa shape index (κ3) is 5.23. The Labute approximate surface area is 162 Å². The summed E-state index contributed by atoms with van der Waals surface area (Å²) in [4.78, 5) is 35.8. The van der Waals surface area contributed by atoms with Gasteiger partial charge in [-0.3, -0.25) is 0 Å². The lowest BCUT2D eigenvalue weighted by molar-refractivity contribution is -0.134. The molecule has 28 heavy (non-hydrogen) atoms. The minimum absolute atomic E-state index is 0.252. The monoisotopic (exact) mass is 376 g/mol. The van der Waals surface area contributed by atoms with Gasteiger partial charge in [0.15, 0.2) is 0 Å². The van der Waals surface area contributed by atoms with Gasteiger partial charge in [-0.05, 0) is 24.0 Å². The number of carbonyl (C=O) groups excluding carboxylic acids is 3. The van der Waals surface area contributed by atoms with Gasteiger partial charge < -0.3 is 14.2 Å². The smallest absolute Gasteiger partial charge is 0.384 e. The van der Waals surface area contributed by atoms with Crippen molar-refractivity contribution >= 4 is 17.9 Å². The maximum Gasteiger partial charge on any atom is 0.384 e. The maximum absolute atomic E-state index is 12.7. The third-order valence-electron chi connectivity index (χ3n) is 3.49. The van der Waals surface area contributed by atoms with E-state index in [0.29, 0.717) is 5.56 Å². The van der Waals surface area contributed by atoms with Crippen LogP contribution in [-0.4, -0.2) is 32.1 Å². The van der Waals surface area contributed by atoms with Crippen molar-refractivity contribution in [3.8, 4) is 23.7 Å². The molecule has 0 bridgehead atoms. The molecular formula is C22H16O6. The summed E-state index contributed by atoms with van der Waals surface area (Å²) in [6, 6.07) is 16.5. The Kier molecular flexibility index (Phi) is 6.96. The molecule has 0 radical (unpaired) electrons. The number of ether oxygens (including phenoxy) is 3. The number of esters is 3. The lowest BCUT2D eigenvalue weighted by Gasteiger charge is -2.23. The van der Waals surface area contributed by atoms with E-state index in [1.165, 1.54) is 0 Å². The van der Waals surface area contributed by atoms with Gasteiger partial charge in [-0.1, -0.05) is 48.5 Å². The molecule has 0 atom stereocenters. The topological polar surface area (TPSA) is 78.9 Å². The van der Waals surface area contributed by atoms with Gasteiger partial charge >= 0.3 is 17.9 Å². The summed E-state index contributed by atoms with van der Waals surface area (Å²) >= 11 is 0. The maximum atomic E-state index is 12.7. The van der Waals surface area contributed by atoms with Crippen LogP contribution in [-0.2, 0) is 29.4 Å². The van der Waals surface area contributed by atoms with Crippen molar-refractivity contribution in [2.75, 3.05) is 14.2 Å². The molecule has 0 aliphatic heterocycles. The van der Waals surface area contributed by atoms with Crippen molar-refractivity contribution in [3.63, 3.8) is 0 Å². The molecular weight excluding hydrogens is 360 g/mol. The van der Waals surface area contributed by atoms with E-state index in [2.05, 4.69) is 33.2 Å². The second-order valence-corrected chi connectivity index (χ2v) is 5.29. The Morgan fingerprint density at radius 2 is 1.21 bits per heavy atom. The van der Waals surface area contributed by atoms with E-state index in [9.17, 15) is 14.4 Å². The van der Waals surface area contributed by atoms with Crippen molar-refractivity contribution in [1.82, 2.24) is 0 Å². The molecule has 0 aliphatic carbocycles. The number of hydrogen-bond acceptors (Lipinski definition) is 6. The summed E-state index contributed by atoms with van der Waals surface area (Å²) in [6.07, 6.45) is 0. The molecule has 0 amide bonds. The van der Waals surface area contributed by atoms with E-state index in [-0.39, 0.29) is 5.56 Å². The van der Waals surface area contributed by atoms with Crippen LogP contribution in [0.4, 0.5) is 0 Å². The number of methoxy groups -OCH3 is 2. The lowest BCUT2D eigenvalue weighted by atomic mass is 9.94. The highest BCUT2D eigenvalue weighted by atomic mass is 16.6. The van der Waals surface area contributed by atoms with E-state index >= 15 is 0 Å². The average molecular weight is 376 g/mol. The Morgan fingerprint density at radius 3 is 1.68 bits per heavy atom. The molecule has 0 fully saturated rings. The summed E-state index contributed by atoms with van der Waals surface area (Å²) < 4.78 is 14.6. The SMILES string of the molecule is COC(=O)C#CC(C#CC(=O)OC)(OC(=O)c1ccccc1)c1ccccc1. The highest BCUT2D eigenvalue weighted by molar-refractivity contribution is 5.92.